The molecule has 17 heavy (non-hydrogen) atoms. The van der Waals surface area contributed by atoms with Gasteiger partial charge >= 0.3 is 0 Å². The zero-order valence-electron chi connectivity index (χ0n) is 9.43. The molecule has 0 aliphatic rings. The van der Waals surface area contributed by atoms with Crippen molar-refractivity contribution >= 4 is 50.5 Å². The van der Waals surface area contributed by atoms with E-state index in [-0.39, 0.29) is 5.38 Å². The maximum absolute atomic E-state index is 6.50. The molecular formula is C13H11BrCl2S. The molecule has 0 fully saturated rings. The Morgan fingerprint density at radius 2 is 1.94 bits per heavy atom. The molecule has 0 N–H and O–H groups in total. The van der Waals surface area contributed by atoms with Gasteiger partial charge in [-0.15, -0.1) is 22.9 Å². The molecule has 0 saturated carbocycles. The van der Waals surface area contributed by atoms with Crippen LogP contribution >= 0.6 is 50.5 Å². The zero-order valence-corrected chi connectivity index (χ0v) is 13.3. The van der Waals surface area contributed by atoms with Crippen molar-refractivity contribution in [3.63, 3.8) is 0 Å². The van der Waals surface area contributed by atoms with Crippen molar-refractivity contribution in [1.29, 1.82) is 0 Å². The molecule has 1 unspecified atom stereocenters. The van der Waals surface area contributed by atoms with E-state index in [1.165, 1.54) is 4.88 Å². The standard InChI is InChI=1S/C13H11BrCl2S/c1-7-3-4-9(5-11(7)15)13(16)10-6-12(14)17-8(10)2/h3-6,13H,1-2H3. The van der Waals surface area contributed by atoms with Crippen LogP contribution in [0.5, 0.6) is 0 Å². The molecule has 90 valence electrons. The molecule has 2 aromatic rings. The van der Waals surface area contributed by atoms with Crippen LogP contribution in [0.15, 0.2) is 28.1 Å². The number of benzene rings is 1. The summed E-state index contributed by atoms with van der Waals surface area (Å²) in [6.45, 7) is 4.07. The van der Waals surface area contributed by atoms with Gasteiger partial charge < -0.3 is 0 Å². The molecule has 0 nitrogen and oxygen atoms in total. The quantitative estimate of drug-likeness (QED) is 0.574. The van der Waals surface area contributed by atoms with Crippen LogP contribution in [-0.2, 0) is 0 Å². The number of rotatable bonds is 2. The predicted octanol–water partition coefficient (Wildman–Crippen LogP) is 6.11. The van der Waals surface area contributed by atoms with Crippen LogP contribution in [0.2, 0.25) is 5.02 Å². The Kier molecular flexibility index (Phi) is 4.19. The summed E-state index contributed by atoms with van der Waals surface area (Å²) < 4.78 is 1.11. The Balaban J connectivity index is 2.40. The Labute approximate surface area is 124 Å². The molecule has 1 heterocycles. The Bertz CT molecular complexity index is 548. The third-order valence-electron chi connectivity index (χ3n) is 2.69. The molecule has 0 aliphatic carbocycles. The van der Waals surface area contributed by atoms with Crippen LogP contribution in [0, 0.1) is 13.8 Å². The zero-order chi connectivity index (χ0) is 12.6. The highest BCUT2D eigenvalue weighted by molar-refractivity contribution is 9.11. The summed E-state index contributed by atoms with van der Waals surface area (Å²) in [6.07, 6.45) is 0. The molecule has 1 atom stereocenters. The molecule has 0 bridgehead atoms. The van der Waals surface area contributed by atoms with Gasteiger partial charge in [0.15, 0.2) is 0 Å². The summed E-state index contributed by atoms with van der Waals surface area (Å²) in [5.41, 5.74) is 3.25. The summed E-state index contributed by atoms with van der Waals surface area (Å²) in [6, 6.07) is 8.05. The Morgan fingerprint density at radius 1 is 1.24 bits per heavy atom. The highest BCUT2D eigenvalue weighted by Gasteiger charge is 2.16. The summed E-state index contributed by atoms with van der Waals surface area (Å²) >= 11 is 17.8. The van der Waals surface area contributed by atoms with Crippen molar-refractivity contribution < 1.29 is 0 Å². The number of alkyl halides is 1. The highest BCUT2D eigenvalue weighted by Crippen LogP contribution is 2.38. The minimum Gasteiger partial charge on any atom is -0.133 e. The molecule has 2 rings (SSSR count). The molecule has 0 spiro atoms. The van der Waals surface area contributed by atoms with E-state index in [0.29, 0.717) is 0 Å². The summed E-state index contributed by atoms with van der Waals surface area (Å²) in [5, 5.41) is 0.621. The van der Waals surface area contributed by atoms with E-state index < -0.39 is 0 Å². The van der Waals surface area contributed by atoms with Gasteiger partial charge in [0.25, 0.3) is 0 Å². The minimum absolute atomic E-state index is 0.143. The van der Waals surface area contributed by atoms with Crippen molar-refractivity contribution in [1.82, 2.24) is 0 Å². The normalized spacial score (nSPS) is 12.8. The molecule has 0 amide bonds. The number of aryl methyl sites for hydroxylation is 2. The predicted molar refractivity (Wildman–Crippen MR) is 80.6 cm³/mol. The van der Waals surface area contributed by atoms with Crippen molar-refractivity contribution in [3.8, 4) is 0 Å². The fraction of sp³-hybridized carbons (Fsp3) is 0.231. The second-order valence-corrected chi connectivity index (χ2v) is 7.41. The van der Waals surface area contributed by atoms with Crippen molar-refractivity contribution in [2.24, 2.45) is 0 Å². The lowest BCUT2D eigenvalue weighted by molar-refractivity contribution is 1.13. The van der Waals surface area contributed by atoms with Crippen LogP contribution in [-0.4, -0.2) is 0 Å². The lowest BCUT2D eigenvalue weighted by atomic mass is 10.0. The first-order valence-electron chi connectivity index (χ1n) is 5.15. The van der Waals surface area contributed by atoms with Gasteiger partial charge in [-0.1, -0.05) is 23.7 Å². The maximum Gasteiger partial charge on any atom is 0.0846 e. The van der Waals surface area contributed by atoms with Crippen molar-refractivity contribution in [2.75, 3.05) is 0 Å². The third kappa shape index (κ3) is 2.87. The van der Waals surface area contributed by atoms with Crippen LogP contribution in [0.1, 0.15) is 26.9 Å². The fourth-order valence-corrected chi connectivity index (χ4v) is 4.02. The Hall–Kier alpha value is -0.0200. The average molecular weight is 350 g/mol. The van der Waals surface area contributed by atoms with E-state index in [1.807, 2.05) is 25.1 Å². The summed E-state index contributed by atoms with van der Waals surface area (Å²) in [5.74, 6) is 0. The SMILES string of the molecule is Cc1ccc(C(Cl)c2cc(Br)sc2C)cc1Cl. The van der Waals surface area contributed by atoms with E-state index in [9.17, 15) is 0 Å². The van der Waals surface area contributed by atoms with Gasteiger partial charge in [-0.2, -0.15) is 0 Å². The third-order valence-corrected chi connectivity index (χ3v) is 5.15. The second-order valence-electron chi connectivity index (χ2n) is 3.93. The lowest BCUT2D eigenvalue weighted by Crippen LogP contribution is -1.93. The Morgan fingerprint density at radius 3 is 2.47 bits per heavy atom. The van der Waals surface area contributed by atoms with Gasteiger partial charge in [-0.05, 0) is 58.6 Å². The van der Waals surface area contributed by atoms with Gasteiger partial charge in [0, 0.05) is 9.90 Å². The van der Waals surface area contributed by atoms with Gasteiger partial charge in [-0.3, -0.25) is 0 Å². The van der Waals surface area contributed by atoms with Crippen LogP contribution < -0.4 is 0 Å². The van der Waals surface area contributed by atoms with Crippen molar-refractivity contribution in [2.45, 2.75) is 19.2 Å². The van der Waals surface area contributed by atoms with Crippen LogP contribution in [0.25, 0.3) is 0 Å². The van der Waals surface area contributed by atoms with E-state index in [0.717, 1.165) is 25.5 Å². The molecule has 0 saturated heterocycles. The molecule has 1 aromatic carbocycles. The maximum atomic E-state index is 6.50. The fourth-order valence-electron chi connectivity index (χ4n) is 1.66. The molecule has 0 radical (unpaired) electrons. The van der Waals surface area contributed by atoms with E-state index >= 15 is 0 Å². The molecular weight excluding hydrogens is 339 g/mol. The summed E-state index contributed by atoms with van der Waals surface area (Å²) in [4.78, 5) is 1.23. The monoisotopic (exact) mass is 348 g/mol. The number of hydrogen-bond acceptors (Lipinski definition) is 1. The van der Waals surface area contributed by atoms with Gasteiger partial charge in [0.05, 0.1) is 9.16 Å². The minimum atomic E-state index is -0.143. The van der Waals surface area contributed by atoms with Gasteiger partial charge in [-0.25, -0.2) is 0 Å². The van der Waals surface area contributed by atoms with Gasteiger partial charge in [0.1, 0.15) is 0 Å². The number of thiophene rings is 1. The number of halogens is 3. The topological polar surface area (TPSA) is 0 Å². The van der Waals surface area contributed by atoms with Gasteiger partial charge in [0.2, 0.25) is 0 Å². The van der Waals surface area contributed by atoms with Crippen molar-refractivity contribution in [3.05, 3.63) is 54.6 Å². The van der Waals surface area contributed by atoms with Crippen LogP contribution in [0.3, 0.4) is 0 Å². The molecule has 0 aliphatic heterocycles. The molecule has 1 aromatic heterocycles. The largest absolute Gasteiger partial charge is 0.133 e. The summed E-state index contributed by atoms with van der Waals surface area (Å²) in [7, 11) is 0. The van der Waals surface area contributed by atoms with Crippen LogP contribution in [0.4, 0.5) is 0 Å². The first kappa shape index (κ1) is 13.4. The first-order chi connectivity index (χ1) is 7.99. The lowest BCUT2D eigenvalue weighted by Gasteiger charge is -2.11. The first-order valence-corrected chi connectivity index (χ1v) is 7.57. The number of hydrogen-bond donors (Lipinski definition) is 0. The van der Waals surface area contributed by atoms with E-state index in [2.05, 4.69) is 28.9 Å². The average Bonchev–Trinajstić information content (AvgIpc) is 2.61. The smallest absolute Gasteiger partial charge is 0.0846 e. The second kappa shape index (κ2) is 5.31. The molecule has 4 heteroatoms. The van der Waals surface area contributed by atoms with E-state index in [1.54, 1.807) is 11.3 Å². The van der Waals surface area contributed by atoms with E-state index in [4.69, 9.17) is 23.2 Å². The highest BCUT2D eigenvalue weighted by atomic mass is 79.9.